The molecule has 2 aliphatic heterocycles. The van der Waals surface area contributed by atoms with Crippen LogP contribution in [0.4, 0.5) is 15.8 Å². The van der Waals surface area contributed by atoms with E-state index in [0.717, 1.165) is 42.1 Å². The zero-order valence-corrected chi connectivity index (χ0v) is 11.4. The fourth-order valence-corrected chi connectivity index (χ4v) is 2.76. The summed E-state index contributed by atoms with van der Waals surface area (Å²) in [5.74, 6) is 0.291. The first-order chi connectivity index (χ1) is 10.3. The highest BCUT2D eigenvalue weighted by Gasteiger charge is 2.21. The van der Waals surface area contributed by atoms with Crippen LogP contribution in [-0.2, 0) is 6.42 Å². The second-order valence-corrected chi connectivity index (χ2v) is 5.13. The largest absolute Gasteiger partial charge is 0.489 e. The summed E-state index contributed by atoms with van der Waals surface area (Å²) in [7, 11) is 0. The van der Waals surface area contributed by atoms with Gasteiger partial charge in [0.05, 0.1) is 29.8 Å². The number of anilines is 2. The van der Waals surface area contributed by atoms with Gasteiger partial charge in [-0.05, 0) is 18.2 Å². The maximum Gasteiger partial charge on any atom is 0.145 e. The number of nitrogens with zero attached hydrogens (tertiary/aromatic N) is 3. The first kappa shape index (κ1) is 12.3. The second kappa shape index (κ2) is 4.84. The van der Waals surface area contributed by atoms with Gasteiger partial charge in [-0.1, -0.05) is 0 Å². The molecule has 0 aliphatic carbocycles. The van der Waals surface area contributed by atoms with Gasteiger partial charge in [0.1, 0.15) is 18.2 Å². The van der Waals surface area contributed by atoms with Crippen LogP contribution in [0.15, 0.2) is 35.5 Å². The van der Waals surface area contributed by atoms with Crippen LogP contribution in [0, 0.1) is 5.82 Å². The van der Waals surface area contributed by atoms with E-state index >= 15 is 0 Å². The molecule has 0 bridgehead atoms. The minimum atomic E-state index is -0.286. The number of fused-ring (bicyclic) bond motifs is 2. The van der Waals surface area contributed by atoms with Gasteiger partial charge in [0.15, 0.2) is 0 Å². The molecule has 0 saturated carbocycles. The second-order valence-electron chi connectivity index (χ2n) is 5.13. The normalized spacial score (nSPS) is 16.1. The zero-order valence-electron chi connectivity index (χ0n) is 11.4. The lowest BCUT2D eigenvalue weighted by Gasteiger charge is -2.31. The van der Waals surface area contributed by atoms with Gasteiger partial charge < -0.3 is 9.64 Å². The molecule has 5 heteroatoms. The standard InChI is InChI=1S/C16H14FN3O/c17-12-1-2-15-16(8-12)21-6-5-20(15)13-7-11-9-18-4-3-14(11)19-10-13/h1-2,7-10H,3-6H2. The summed E-state index contributed by atoms with van der Waals surface area (Å²) >= 11 is 0. The molecule has 0 spiro atoms. The lowest BCUT2D eigenvalue weighted by Crippen LogP contribution is -2.29. The van der Waals surface area contributed by atoms with E-state index in [1.807, 2.05) is 12.4 Å². The summed E-state index contributed by atoms with van der Waals surface area (Å²) in [5, 5.41) is 0. The van der Waals surface area contributed by atoms with Crippen molar-refractivity contribution in [3.63, 3.8) is 0 Å². The number of benzene rings is 1. The quantitative estimate of drug-likeness (QED) is 0.807. The number of rotatable bonds is 1. The highest BCUT2D eigenvalue weighted by Crippen LogP contribution is 2.37. The van der Waals surface area contributed by atoms with E-state index in [1.165, 1.54) is 12.1 Å². The molecule has 3 heterocycles. The highest BCUT2D eigenvalue weighted by molar-refractivity contribution is 5.84. The Morgan fingerprint density at radius 1 is 1.24 bits per heavy atom. The Balaban J connectivity index is 1.77. The SMILES string of the molecule is Fc1ccc2c(c1)OCCN2c1cnc2c(c1)C=NCC2. The van der Waals surface area contributed by atoms with Crippen LogP contribution in [0.1, 0.15) is 11.3 Å². The number of ether oxygens (including phenoxy) is 1. The average molecular weight is 283 g/mol. The van der Waals surface area contributed by atoms with E-state index in [4.69, 9.17) is 4.74 Å². The Bertz CT molecular complexity index is 729. The predicted octanol–water partition coefficient (Wildman–Crippen LogP) is 2.73. The third-order valence-electron chi connectivity index (χ3n) is 3.79. The Hall–Kier alpha value is -2.43. The average Bonchev–Trinajstić information content (AvgIpc) is 2.53. The van der Waals surface area contributed by atoms with Crippen molar-refractivity contribution in [1.29, 1.82) is 0 Å². The molecule has 2 aliphatic rings. The molecule has 0 N–H and O–H groups in total. The molecule has 0 radical (unpaired) electrons. The van der Waals surface area contributed by atoms with Crippen molar-refractivity contribution >= 4 is 17.6 Å². The Morgan fingerprint density at radius 3 is 3.14 bits per heavy atom. The number of hydrogen-bond donors (Lipinski definition) is 0. The molecule has 0 saturated heterocycles. The van der Waals surface area contributed by atoms with Gasteiger partial charge in [-0.15, -0.1) is 0 Å². The van der Waals surface area contributed by atoms with Crippen molar-refractivity contribution in [2.75, 3.05) is 24.6 Å². The summed E-state index contributed by atoms with van der Waals surface area (Å²) in [6.45, 7) is 2.05. The van der Waals surface area contributed by atoms with Crippen LogP contribution >= 0.6 is 0 Å². The van der Waals surface area contributed by atoms with Crippen LogP contribution in [0.5, 0.6) is 5.75 Å². The first-order valence-electron chi connectivity index (χ1n) is 7.00. The summed E-state index contributed by atoms with van der Waals surface area (Å²) in [6.07, 6.45) is 4.63. The number of hydrogen-bond acceptors (Lipinski definition) is 4. The summed E-state index contributed by atoms with van der Waals surface area (Å²) < 4.78 is 18.9. The lowest BCUT2D eigenvalue weighted by molar-refractivity contribution is 0.312. The minimum Gasteiger partial charge on any atom is -0.489 e. The van der Waals surface area contributed by atoms with Crippen LogP contribution in [0.25, 0.3) is 0 Å². The number of aromatic nitrogens is 1. The maximum atomic E-state index is 13.3. The van der Waals surface area contributed by atoms with E-state index in [-0.39, 0.29) is 5.82 Å². The van der Waals surface area contributed by atoms with Gasteiger partial charge in [-0.3, -0.25) is 9.98 Å². The summed E-state index contributed by atoms with van der Waals surface area (Å²) in [6, 6.07) is 6.71. The van der Waals surface area contributed by atoms with E-state index in [2.05, 4.69) is 20.9 Å². The van der Waals surface area contributed by atoms with E-state index in [0.29, 0.717) is 12.4 Å². The molecular weight excluding hydrogens is 269 g/mol. The third-order valence-corrected chi connectivity index (χ3v) is 3.79. The molecular formula is C16H14FN3O. The fourth-order valence-electron chi connectivity index (χ4n) is 2.76. The monoisotopic (exact) mass is 283 g/mol. The van der Waals surface area contributed by atoms with Gasteiger partial charge in [-0.25, -0.2) is 4.39 Å². The maximum absolute atomic E-state index is 13.3. The van der Waals surface area contributed by atoms with Crippen LogP contribution in [0.3, 0.4) is 0 Å². The molecule has 0 amide bonds. The van der Waals surface area contributed by atoms with Gasteiger partial charge in [0, 0.05) is 30.8 Å². The third kappa shape index (κ3) is 2.14. The molecule has 4 nitrogen and oxygen atoms in total. The van der Waals surface area contributed by atoms with Crippen molar-refractivity contribution in [2.45, 2.75) is 6.42 Å². The van der Waals surface area contributed by atoms with Crippen molar-refractivity contribution in [3.8, 4) is 5.75 Å². The molecule has 0 fully saturated rings. The molecule has 106 valence electrons. The van der Waals surface area contributed by atoms with E-state index in [9.17, 15) is 4.39 Å². The molecule has 0 atom stereocenters. The van der Waals surface area contributed by atoms with Crippen molar-refractivity contribution in [1.82, 2.24) is 4.98 Å². The van der Waals surface area contributed by atoms with Gasteiger partial charge in [0.2, 0.25) is 0 Å². The molecule has 1 aromatic carbocycles. The van der Waals surface area contributed by atoms with E-state index < -0.39 is 0 Å². The molecule has 2 aromatic rings. The number of halogens is 1. The predicted molar refractivity (Wildman–Crippen MR) is 79.3 cm³/mol. The number of pyridine rings is 1. The van der Waals surface area contributed by atoms with Gasteiger partial charge >= 0.3 is 0 Å². The first-order valence-corrected chi connectivity index (χ1v) is 7.00. The Labute approximate surface area is 121 Å². The fraction of sp³-hybridized carbons (Fsp3) is 0.250. The van der Waals surface area contributed by atoms with Gasteiger partial charge in [-0.2, -0.15) is 0 Å². The van der Waals surface area contributed by atoms with Crippen molar-refractivity contribution in [2.24, 2.45) is 4.99 Å². The Morgan fingerprint density at radius 2 is 2.19 bits per heavy atom. The summed E-state index contributed by atoms with van der Waals surface area (Å²) in [4.78, 5) is 10.9. The lowest BCUT2D eigenvalue weighted by atomic mass is 10.1. The van der Waals surface area contributed by atoms with Crippen LogP contribution in [0.2, 0.25) is 0 Å². The molecule has 4 rings (SSSR count). The number of aliphatic imine (C=N–C) groups is 1. The van der Waals surface area contributed by atoms with Crippen LogP contribution in [-0.4, -0.2) is 30.9 Å². The topological polar surface area (TPSA) is 37.7 Å². The Kier molecular flexibility index (Phi) is 2.84. The zero-order chi connectivity index (χ0) is 14.2. The smallest absolute Gasteiger partial charge is 0.145 e. The van der Waals surface area contributed by atoms with Crippen LogP contribution < -0.4 is 9.64 Å². The molecule has 1 aromatic heterocycles. The van der Waals surface area contributed by atoms with Crippen molar-refractivity contribution < 1.29 is 9.13 Å². The van der Waals surface area contributed by atoms with E-state index in [1.54, 1.807) is 6.07 Å². The molecule has 21 heavy (non-hydrogen) atoms. The summed E-state index contributed by atoms with van der Waals surface area (Å²) in [5.41, 5.74) is 4.01. The van der Waals surface area contributed by atoms with Crippen molar-refractivity contribution in [3.05, 3.63) is 47.5 Å². The highest BCUT2D eigenvalue weighted by atomic mass is 19.1. The van der Waals surface area contributed by atoms with Gasteiger partial charge in [0.25, 0.3) is 0 Å². The molecule has 0 unspecified atom stereocenters. The minimum absolute atomic E-state index is 0.286.